The summed E-state index contributed by atoms with van der Waals surface area (Å²) < 4.78 is 0. The van der Waals surface area contributed by atoms with Gasteiger partial charge in [-0.15, -0.1) is 0 Å². The van der Waals surface area contributed by atoms with E-state index in [4.69, 9.17) is 0 Å². The number of nitrogens with one attached hydrogen (secondary N) is 1. The molecule has 0 spiro atoms. The van der Waals surface area contributed by atoms with E-state index < -0.39 is 0 Å². The molecule has 1 nitrogen and oxygen atoms in total. The van der Waals surface area contributed by atoms with Crippen molar-refractivity contribution in [3.05, 3.63) is 59.2 Å². The molecule has 0 aliphatic heterocycles. The number of rotatable bonds is 6. The maximum absolute atomic E-state index is 3.46. The molecule has 20 heavy (non-hydrogen) atoms. The Balaban J connectivity index is 2.07. The van der Waals surface area contributed by atoms with Gasteiger partial charge in [0.1, 0.15) is 0 Å². The van der Waals surface area contributed by atoms with Crippen molar-refractivity contribution >= 4 is 11.8 Å². The van der Waals surface area contributed by atoms with Gasteiger partial charge in [-0.1, -0.05) is 43.0 Å². The summed E-state index contributed by atoms with van der Waals surface area (Å²) in [6.45, 7) is 8.61. The second-order valence-electron chi connectivity index (χ2n) is 5.13. The highest BCUT2D eigenvalue weighted by Crippen LogP contribution is 2.31. The quantitative estimate of drug-likeness (QED) is 0.753. The number of aryl methyl sites for hydroxylation is 2. The second-order valence-corrected chi connectivity index (χ2v) is 6.25. The number of benzene rings is 2. The molecule has 2 rings (SSSR count). The minimum Gasteiger partial charge on any atom is -0.313 e. The highest BCUT2D eigenvalue weighted by atomic mass is 32.2. The third-order valence-electron chi connectivity index (χ3n) is 3.38. The van der Waals surface area contributed by atoms with Crippen LogP contribution in [0.4, 0.5) is 0 Å². The largest absolute Gasteiger partial charge is 0.313 e. The molecule has 0 aromatic heterocycles. The Labute approximate surface area is 126 Å². The molecular weight excluding hydrogens is 262 g/mol. The van der Waals surface area contributed by atoms with Gasteiger partial charge in [-0.25, -0.2) is 0 Å². The first-order valence-electron chi connectivity index (χ1n) is 7.24. The van der Waals surface area contributed by atoms with Crippen LogP contribution in [0.3, 0.4) is 0 Å². The van der Waals surface area contributed by atoms with Crippen molar-refractivity contribution in [3.8, 4) is 0 Å². The fraction of sp³-hybridized carbons (Fsp3) is 0.333. The third kappa shape index (κ3) is 4.12. The molecule has 0 saturated carbocycles. The number of hydrogen-bond donors (Lipinski definition) is 1. The number of hydrogen-bond acceptors (Lipinski definition) is 2. The van der Waals surface area contributed by atoms with Crippen molar-refractivity contribution in [1.29, 1.82) is 0 Å². The molecule has 0 aliphatic carbocycles. The predicted molar refractivity (Wildman–Crippen MR) is 88.5 cm³/mol. The molecule has 1 N–H and O–H groups in total. The van der Waals surface area contributed by atoms with Crippen LogP contribution in [0.5, 0.6) is 0 Å². The molecule has 0 atom stereocenters. The average molecular weight is 285 g/mol. The van der Waals surface area contributed by atoms with Crippen LogP contribution in [-0.2, 0) is 6.54 Å². The van der Waals surface area contributed by atoms with Crippen LogP contribution in [0, 0.1) is 13.8 Å². The Hall–Kier alpha value is -1.25. The minimum absolute atomic E-state index is 0.967. The molecule has 0 aliphatic rings. The maximum Gasteiger partial charge on any atom is 0.0208 e. The first-order valence-corrected chi connectivity index (χ1v) is 8.06. The van der Waals surface area contributed by atoms with Gasteiger partial charge in [-0.2, -0.15) is 0 Å². The molecule has 106 valence electrons. The summed E-state index contributed by atoms with van der Waals surface area (Å²) in [6, 6.07) is 15.3. The zero-order valence-corrected chi connectivity index (χ0v) is 13.4. The molecule has 0 bridgehead atoms. The van der Waals surface area contributed by atoms with Crippen LogP contribution in [0.1, 0.15) is 30.0 Å². The molecule has 0 heterocycles. The van der Waals surface area contributed by atoms with Crippen molar-refractivity contribution in [2.24, 2.45) is 0 Å². The van der Waals surface area contributed by atoms with E-state index in [2.05, 4.69) is 68.6 Å². The first-order chi connectivity index (χ1) is 9.70. The first kappa shape index (κ1) is 15.1. The summed E-state index contributed by atoms with van der Waals surface area (Å²) >= 11 is 1.85. The van der Waals surface area contributed by atoms with Crippen LogP contribution in [0.25, 0.3) is 0 Å². The van der Waals surface area contributed by atoms with Crippen molar-refractivity contribution in [3.63, 3.8) is 0 Å². The SMILES string of the molecule is CCCNCc1ccc(Sc2ccccc2C)cc1C. The highest BCUT2D eigenvalue weighted by Gasteiger charge is 2.03. The summed E-state index contributed by atoms with van der Waals surface area (Å²) in [7, 11) is 0. The van der Waals surface area contributed by atoms with Gasteiger partial charge in [0.2, 0.25) is 0 Å². The zero-order chi connectivity index (χ0) is 14.4. The Morgan fingerprint density at radius 3 is 2.50 bits per heavy atom. The van der Waals surface area contributed by atoms with Crippen molar-refractivity contribution in [2.45, 2.75) is 43.5 Å². The average Bonchev–Trinajstić information content (AvgIpc) is 2.44. The summed E-state index contributed by atoms with van der Waals surface area (Å²) in [5.41, 5.74) is 4.10. The summed E-state index contributed by atoms with van der Waals surface area (Å²) in [5.74, 6) is 0. The van der Waals surface area contributed by atoms with E-state index in [0.29, 0.717) is 0 Å². The van der Waals surface area contributed by atoms with Gasteiger partial charge >= 0.3 is 0 Å². The molecule has 0 saturated heterocycles. The molecule has 2 aromatic carbocycles. The lowest BCUT2D eigenvalue weighted by Gasteiger charge is -2.10. The van der Waals surface area contributed by atoms with Gasteiger partial charge in [-0.05, 0) is 61.7 Å². The standard InChI is InChI=1S/C18H23NS/c1-4-11-19-13-16-9-10-17(12-15(16)3)20-18-8-6-5-7-14(18)2/h5-10,12,19H,4,11,13H2,1-3H3. The maximum atomic E-state index is 3.46. The Morgan fingerprint density at radius 2 is 1.80 bits per heavy atom. The highest BCUT2D eigenvalue weighted by molar-refractivity contribution is 7.99. The molecule has 0 fully saturated rings. The fourth-order valence-electron chi connectivity index (χ4n) is 2.13. The van der Waals surface area contributed by atoms with Crippen molar-refractivity contribution in [2.75, 3.05) is 6.54 Å². The van der Waals surface area contributed by atoms with Crippen LogP contribution in [-0.4, -0.2) is 6.54 Å². The third-order valence-corrected chi connectivity index (χ3v) is 4.55. The van der Waals surface area contributed by atoms with Crippen molar-refractivity contribution in [1.82, 2.24) is 5.32 Å². The predicted octanol–water partition coefficient (Wildman–Crippen LogP) is 4.95. The normalized spacial score (nSPS) is 10.8. The monoisotopic (exact) mass is 285 g/mol. The summed E-state index contributed by atoms with van der Waals surface area (Å²) in [6.07, 6.45) is 1.18. The van der Waals surface area contributed by atoms with E-state index in [-0.39, 0.29) is 0 Å². The van der Waals surface area contributed by atoms with Gasteiger partial charge in [0.05, 0.1) is 0 Å². The van der Waals surface area contributed by atoms with E-state index >= 15 is 0 Å². The fourth-order valence-corrected chi connectivity index (χ4v) is 3.13. The summed E-state index contributed by atoms with van der Waals surface area (Å²) in [4.78, 5) is 2.65. The summed E-state index contributed by atoms with van der Waals surface area (Å²) in [5, 5.41) is 3.46. The zero-order valence-electron chi connectivity index (χ0n) is 12.6. The van der Waals surface area contributed by atoms with Gasteiger partial charge < -0.3 is 5.32 Å². The lowest BCUT2D eigenvalue weighted by Crippen LogP contribution is -2.14. The second kappa shape index (κ2) is 7.51. The van der Waals surface area contributed by atoms with E-state index in [1.54, 1.807) is 0 Å². The van der Waals surface area contributed by atoms with Crippen LogP contribution in [0.15, 0.2) is 52.3 Å². The Kier molecular flexibility index (Phi) is 5.69. The van der Waals surface area contributed by atoms with Gasteiger partial charge in [0, 0.05) is 16.3 Å². The minimum atomic E-state index is 0.967. The van der Waals surface area contributed by atoms with E-state index in [0.717, 1.165) is 13.1 Å². The smallest absolute Gasteiger partial charge is 0.0208 e. The van der Waals surface area contributed by atoms with E-state index in [1.807, 2.05) is 11.8 Å². The molecule has 0 radical (unpaired) electrons. The van der Waals surface area contributed by atoms with Crippen LogP contribution >= 0.6 is 11.8 Å². The molecule has 0 unspecified atom stereocenters. The van der Waals surface area contributed by atoms with Gasteiger partial charge in [-0.3, -0.25) is 0 Å². The lowest BCUT2D eigenvalue weighted by molar-refractivity contribution is 0.673. The van der Waals surface area contributed by atoms with E-state index in [9.17, 15) is 0 Å². The van der Waals surface area contributed by atoms with Crippen LogP contribution in [0.2, 0.25) is 0 Å². The van der Waals surface area contributed by atoms with Gasteiger partial charge in [0.15, 0.2) is 0 Å². The molecule has 0 amide bonds. The lowest BCUT2D eigenvalue weighted by atomic mass is 10.1. The Bertz CT molecular complexity index is 563. The van der Waals surface area contributed by atoms with Crippen LogP contribution < -0.4 is 5.32 Å². The topological polar surface area (TPSA) is 12.0 Å². The van der Waals surface area contributed by atoms with Crippen molar-refractivity contribution < 1.29 is 0 Å². The molecule has 2 aromatic rings. The Morgan fingerprint density at radius 1 is 1.00 bits per heavy atom. The molecule has 2 heteroatoms. The van der Waals surface area contributed by atoms with E-state index in [1.165, 1.54) is 32.9 Å². The van der Waals surface area contributed by atoms with Gasteiger partial charge in [0.25, 0.3) is 0 Å². The molecular formula is C18H23NS.